The molecule has 0 radical (unpaired) electrons. The first-order valence-corrected chi connectivity index (χ1v) is 9.05. The lowest BCUT2D eigenvalue weighted by atomic mass is 10.0. The average Bonchev–Trinajstić information content (AvgIpc) is 3.20. The normalized spacial score (nSPS) is 15.3. The summed E-state index contributed by atoms with van der Waals surface area (Å²) >= 11 is 1.34. The number of rotatable bonds is 2. The van der Waals surface area contributed by atoms with Crippen LogP contribution < -0.4 is 4.90 Å². The zero-order valence-electron chi connectivity index (χ0n) is 15.6. The van der Waals surface area contributed by atoms with Gasteiger partial charge in [-0.25, -0.2) is 0 Å². The number of carboxylic acids is 1. The first-order chi connectivity index (χ1) is 13.4. The minimum absolute atomic E-state index is 0.0362. The van der Waals surface area contributed by atoms with Crippen molar-refractivity contribution in [2.45, 2.75) is 32.5 Å². The number of aliphatic carboxylic acids is 1. The summed E-state index contributed by atoms with van der Waals surface area (Å²) in [4.78, 5) is 28.0. The van der Waals surface area contributed by atoms with Gasteiger partial charge in [-0.15, -0.1) is 11.3 Å². The summed E-state index contributed by atoms with van der Waals surface area (Å²) in [7, 11) is 0. The zero-order valence-corrected chi connectivity index (χ0v) is 16.4. The third-order valence-electron chi connectivity index (χ3n) is 3.75. The Kier molecular flexibility index (Phi) is 6.13. The number of aliphatic imine (C=N–C) groups is 1. The third-order valence-corrected chi connectivity index (χ3v) is 4.62. The number of carbonyl (C=O) groups excluding carboxylic acids is 1. The molecule has 1 aliphatic rings. The van der Waals surface area contributed by atoms with Gasteiger partial charge in [-0.05, 0) is 43.5 Å². The summed E-state index contributed by atoms with van der Waals surface area (Å²) < 4.78 is 39.7. The smallest absolute Gasteiger partial charge is 0.417 e. The number of amidine groups is 1. The molecule has 10 heteroatoms. The molecule has 1 N–H and O–H groups in total. The van der Waals surface area contributed by atoms with Crippen LogP contribution >= 0.6 is 11.3 Å². The van der Waals surface area contributed by atoms with Crippen molar-refractivity contribution < 1.29 is 27.9 Å². The van der Waals surface area contributed by atoms with Crippen molar-refractivity contribution >= 4 is 34.7 Å². The molecule has 152 valence electrons. The van der Waals surface area contributed by atoms with Gasteiger partial charge in [-0.2, -0.15) is 18.4 Å². The molecule has 29 heavy (non-hydrogen) atoms. The van der Waals surface area contributed by atoms with Gasteiger partial charge < -0.3 is 5.11 Å². The van der Waals surface area contributed by atoms with Crippen LogP contribution in [0.15, 0.2) is 40.7 Å². The summed E-state index contributed by atoms with van der Waals surface area (Å²) in [6, 6.07) is 8.28. The van der Waals surface area contributed by atoms with Crippen LogP contribution in [0, 0.1) is 11.3 Å². The van der Waals surface area contributed by atoms with E-state index in [4.69, 9.17) is 15.2 Å². The molecular formula is C19H16F3N3O3S. The third kappa shape index (κ3) is 4.81. The lowest BCUT2D eigenvalue weighted by molar-refractivity contribution is -0.138. The molecule has 0 unspecified atom stereocenters. The number of thiophene rings is 1. The highest BCUT2D eigenvalue weighted by Gasteiger charge is 2.43. The summed E-state index contributed by atoms with van der Waals surface area (Å²) in [5, 5.41) is 18.1. The highest BCUT2D eigenvalue weighted by atomic mass is 32.1. The Labute approximate surface area is 168 Å². The molecule has 0 aliphatic carbocycles. The Balaban J connectivity index is 0.000000687. The van der Waals surface area contributed by atoms with Crippen LogP contribution in [0.5, 0.6) is 0 Å². The number of amides is 1. The fraction of sp³-hybridized carbons (Fsp3) is 0.263. The number of nitriles is 1. The molecule has 0 fully saturated rings. The largest absolute Gasteiger partial charge is 0.481 e. The van der Waals surface area contributed by atoms with E-state index in [1.807, 2.05) is 0 Å². The van der Waals surface area contributed by atoms with Crippen molar-refractivity contribution in [2.75, 3.05) is 4.90 Å². The maximum absolute atomic E-state index is 13.2. The predicted molar refractivity (Wildman–Crippen MR) is 102 cm³/mol. The van der Waals surface area contributed by atoms with Crippen molar-refractivity contribution in [3.8, 4) is 6.07 Å². The molecule has 2 aromatic rings. The van der Waals surface area contributed by atoms with Crippen molar-refractivity contribution in [3.05, 3.63) is 51.7 Å². The zero-order chi connectivity index (χ0) is 22.0. The Hall–Kier alpha value is -3.19. The summed E-state index contributed by atoms with van der Waals surface area (Å²) in [5.74, 6) is -0.948. The first kappa shape index (κ1) is 22.1. The maximum Gasteiger partial charge on any atom is 0.417 e. The molecule has 1 aromatic carbocycles. The molecule has 0 saturated carbocycles. The monoisotopic (exact) mass is 423 g/mol. The topological polar surface area (TPSA) is 93.8 Å². The first-order valence-electron chi connectivity index (χ1n) is 8.17. The summed E-state index contributed by atoms with van der Waals surface area (Å²) in [6.07, 6.45) is -4.69. The molecule has 1 aliphatic heterocycles. The van der Waals surface area contributed by atoms with Gasteiger partial charge in [0.25, 0.3) is 11.9 Å². The molecule has 3 rings (SSSR count). The fourth-order valence-electron chi connectivity index (χ4n) is 2.55. The number of hydrogen-bond acceptors (Lipinski definition) is 5. The number of carboxylic acid groups (broad SMARTS) is 1. The van der Waals surface area contributed by atoms with Crippen LogP contribution in [0.1, 0.15) is 36.8 Å². The van der Waals surface area contributed by atoms with Crippen molar-refractivity contribution in [2.24, 2.45) is 4.99 Å². The van der Waals surface area contributed by atoms with E-state index >= 15 is 0 Å². The molecule has 0 bridgehead atoms. The molecule has 0 spiro atoms. The highest BCUT2D eigenvalue weighted by Crippen LogP contribution is 2.37. The van der Waals surface area contributed by atoms with Gasteiger partial charge in [0.2, 0.25) is 0 Å². The predicted octanol–water partition coefficient (Wildman–Crippen LogP) is 4.30. The average molecular weight is 423 g/mol. The second kappa shape index (κ2) is 8.05. The van der Waals surface area contributed by atoms with E-state index in [0.717, 1.165) is 19.1 Å². The minimum atomic E-state index is -4.69. The maximum atomic E-state index is 13.2. The quantitative estimate of drug-likeness (QED) is 0.779. The molecule has 1 amide bonds. The highest BCUT2D eigenvalue weighted by molar-refractivity contribution is 7.12. The van der Waals surface area contributed by atoms with Gasteiger partial charge in [-0.1, -0.05) is 6.07 Å². The second-order valence-electron chi connectivity index (χ2n) is 6.47. The van der Waals surface area contributed by atoms with Gasteiger partial charge in [0.15, 0.2) is 5.84 Å². The molecule has 0 atom stereocenters. The van der Waals surface area contributed by atoms with E-state index in [9.17, 15) is 18.0 Å². The standard InChI is InChI=1S/C17H12F3N3OS.C2H4O2/c1-16(2)15(24)23(14(22-16)13-4-3-7-25-13)11-6-5-10(9-21)12(8-11)17(18,19)20;1-2(3)4/h3-8H,1-2H3;1H3,(H,3,4). The Bertz CT molecular complexity index is 1000. The van der Waals surface area contributed by atoms with E-state index < -0.39 is 34.7 Å². The molecule has 1 aromatic heterocycles. The molecule has 0 saturated heterocycles. The van der Waals surface area contributed by atoms with Gasteiger partial charge in [0.05, 0.1) is 27.8 Å². The van der Waals surface area contributed by atoms with Crippen molar-refractivity contribution in [1.29, 1.82) is 5.26 Å². The SMILES string of the molecule is CC(=O)O.CC1(C)N=C(c2cccs2)N(c2ccc(C#N)c(C(F)(F)F)c2)C1=O. The van der Waals surface area contributed by atoms with E-state index in [1.54, 1.807) is 31.4 Å². The van der Waals surface area contributed by atoms with E-state index in [2.05, 4.69) is 4.99 Å². The number of nitrogens with zero attached hydrogens (tertiary/aromatic N) is 3. The van der Waals surface area contributed by atoms with E-state index in [0.29, 0.717) is 10.7 Å². The van der Waals surface area contributed by atoms with Gasteiger partial charge in [0.1, 0.15) is 5.54 Å². The van der Waals surface area contributed by atoms with Crippen LogP contribution in [0.4, 0.5) is 18.9 Å². The Morgan fingerprint density at radius 3 is 2.41 bits per heavy atom. The van der Waals surface area contributed by atoms with Crippen molar-refractivity contribution in [1.82, 2.24) is 0 Å². The van der Waals surface area contributed by atoms with Crippen molar-refractivity contribution in [3.63, 3.8) is 0 Å². The lowest BCUT2D eigenvalue weighted by Crippen LogP contribution is -2.39. The van der Waals surface area contributed by atoms with Gasteiger partial charge in [-0.3, -0.25) is 19.5 Å². The fourth-order valence-corrected chi connectivity index (χ4v) is 3.25. The van der Waals surface area contributed by atoms with Gasteiger partial charge >= 0.3 is 6.18 Å². The Morgan fingerprint density at radius 2 is 1.93 bits per heavy atom. The number of halogens is 3. The van der Waals surface area contributed by atoms with Crippen LogP contribution in [0.25, 0.3) is 0 Å². The number of hydrogen-bond donors (Lipinski definition) is 1. The van der Waals surface area contributed by atoms with Crippen LogP contribution in [-0.2, 0) is 15.8 Å². The molecule has 6 nitrogen and oxygen atoms in total. The van der Waals surface area contributed by atoms with E-state index in [1.165, 1.54) is 28.4 Å². The van der Waals surface area contributed by atoms with Gasteiger partial charge in [0, 0.05) is 6.92 Å². The number of alkyl halides is 3. The molecular weight excluding hydrogens is 407 g/mol. The minimum Gasteiger partial charge on any atom is -0.481 e. The lowest BCUT2D eigenvalue weighted by Gasteiger charge is -2.22. The van der Waals surface area contributed by atoms with Crippen LogP contribution in [0.2, 0.25) is 0 Å². The number of anilines is 1. The second-order valence-corrected chi connectivity index (χ2v) is 7.42. The van der Waals surface area contributed by atoms with Crippen LogP contribution in [0.3, 0.4) is 0 Å². The number of carbonyl (C=O) groups is 2. The molecule has 2 heterocycles. The summed E-state index contributed by atoms with van der Waals surface area (Å²) in [6.45, 7) is 4.30. The number of benzene rings is 1. The van der Waals surface area contributed by atoms with E-state index in [-0.39, 0.29) is 5.69 Å². The van der Waals surface area contributed by atoms with Crippen LogP contribution in [-0.4, -0.2) is 28.4 Å². The summed E-state index contributed by atoms with van der Waals surface area (Å²) in [5.41, 5.74) is -2.60. The Morgan fingerprint density at radius 1 is 1.31 bits per heavy atom.